The van der Waals surface area contributed by atoms with Gasteiger partial charge in [-0.05, 0) is 5.41 Å². The summed E-state index contributed by atoms with van der Waals surface area (Å²) in [5, 5.41) is 18.4. The number of esters is 1. The van der Waals surface area contributed by atoms with Gasteiger partial charge in [-0.2, -0.15) is 5.26 Å². The third kappa shape index (κ3) is 1.75. The first-order valence-corrected chi connectivity index (χ1v) is 4.72. The van der Waals surface area contributed by atoms with Crippen LogP contribution in [0, 0.1) is 28.6 Å². The van der Waals surface area contributed by atoms with Crippen molar-refractivity contribution in [2.45, 2.75) is 20.0 Å². The second kappa shape index (κ2) is 3.67. The van der Waals surface area contributed by atoms with E-state index in [0.29, 0.717) is 0 Å². The summed E-state index contributed by atoms with van der Waals surface area (Å²) in [5.74, 6) is -0.950. The van der Waals surface area contributed by atoms with Gasteiger partial charge in [-0.1, -0.05) is 20.4 Å². The van der Waals surface area contributed by atoms with Crippen molar-refractivity contribution < 1.29 is 14.6 Å². The normalized spacial score (nSPS) is 28.7. The first-order chi connectivity index (χ1) is 6.87. The Hall–Kier alpha value is -1.34. The van der Waals surface area contributed by atoms with E-state index >= 15 is 0 Å². The molecule has 1 aliphatic carbocycles. The number of aliphatic hydroxyl groups is 1. The van der Waals surface area contributed by atoms with Crippen molar-refractivity contribution in [3.05, 3.63) is 12.2 Å². The van der Waals surface area contributed by atoms with Gasteiger partial charge in [0, 0.05) is 5.92 Å². The lowest BCUT2D eigenvalue weighted by Gasteiger charge is -2.08. The minimum Gasteiger partial charge on any atom is -0.469 e. The molecular weight excluding hydrogens is 194 g/mol. The van der Waals surface area contributed by atoms with Crippen LogP contribution < -0.4 is 0 Å². The smallest absolute Gasteiger partial charge is 0.309 e. The van der Waals surface area contributed by atoms with Gasteiger partial charge in [-0.25, -0.2) is 0 Å². The first-order valence-electron chi connectivity index (χ1n) is 4.72. The number of hydrogen-bond donors (Lipinski definition) is 1. The number of nitrogens with zero attached hydrogens (tertiary/aromatic N) is 1. The van der Waals surface area contributed by atoms with Crippen molar-refractivity contribution in [2.24, 2.45) is 17.3 Å². The summed E-state index contributed by atoms with van der Waals surface area (Å²) in [6, 6.07) is 1.80. The molecule has 4 heteroatoms. The van der Waals surface area contributed by atoms with Gasteiger partial charge in [0.05, 0.1) is 30.8 Å². The lowest BCUT2D eigenvalue weighted by molar-refractivity contribution is -0.143. The Morgan fingerprint density at radius 3 is 2.60 bits per heavy atom. The number of carbonyl (C=O) groups excluding carboxylic acids is 1. The topological polar surface area (TPSA) is 70.3 Å². The number of carbonyl (C=O) groups is 1. The fourth-order valence-electron chi connectivity index (χ4n) is 2.13. The molecule has 0 heterocycles. The van der Waals surface area contributed by atoms with Crippen LogP contribution in [0.1, 0.15) is 13.8 Å². The minimum absolute atomic E-state index is 0.0967. The summed E-state index contributed by atoms with van der Waals surface area (Å²) in [7, 11) is 1.32. The molecule has 3 atom stereocenters. The fraction of sp³-hybridized carbons (Fsp3) is 0.636. The fourth-order valence-corrected chi connectivity index (χ4v) is 2.13. The van der Waals surface area contributed by atoms with E-state index in [4.69, 9.17) is 5.26 Å². The summed E-state index contributed by atoms with van der Waals surface area (Å²) >= 11 is 0. The summed E-state index contributed by atoms with van der Waals surface area (Å²) in [5.41, 5.74) is -0.230. The van der Waals surface area contributed by atoms with E-state index in [0.717, 1.165) is 0 Å². The lowest BCUT2D eigenvalue weighted by Crippen LogP contribution is -2.16. The highest BCUT2D eigenvalue weighted by atomic mass is 16.5. The number of nitriles is 1. The van der Waals surface area contributed by atoms with Crippen LogP contribution in [0.4, 0.5) is 0 Å². The van der Waals surface area contributed by atoms with Gasteiger partial charge in [-0.15, -0.1) is 0 Å². The Bertz CT molecular complexity index is 340. The van der Waals surface area contributed by atoms with Crippen molar-refractivity contribution in [1.29, 1.82) is 5.26 Å². The molecule has 1 rings (SSSR count). The van der Waals surface area contributed by atoms with E-state index in [2.05, 4.69) is 11.3 Å². The molecule has 0 radical (unpaired) electrons. The zero-order chi connectivity index (χ0) is 11.8. The van der Waals surface area contributed by atoms with Crippen molar-refractivity contribution in [2.75, 3.05) is 7.11 Å². The highest BCUT2D eigenvalue weighted by Crippen LogP contribution is 2.61. The standard InChI is InChI=1S/C11H15NO3/c1-6(5-12)9(13)7-8(10(14)15-4)11(7,2)3/h7-9,13H,1H2,2-4H3/t7-,8+,9?/m1/s1. The third-order valence-corrected chi connectivity index (χ3v) is 3.21. The zero-order valence-corrected chi connectivity index (χ0v) is 9.15. The molecule has 1 fully saturated rings. The lowest BCUT2D eigenvalue weighted by atomic mass is 10.0. The molecule has 1 N–H and O–H groups in total. The Morgan fingerprint density at radius 1 is 1.67 bits per heavy atom. The molecule has 1 saturated carbocycles. The molecule has 82 valence electrons. The maximum absolute atomic E-state index is 11.4. The number of hydrogen-bond acceptors (Lipinski definition) is 4. The number of aliphatic hydroxyl groups excluding tert-OH is 1. The molecule has 0 aromatic heterocycles. The first kappa shape index (κ1) is 11.7. The quantitative estimate of drug-likeness (QED) is 0.553. The molecule has 15 heavy (non-hydrogen) atoms. The van der Waals surface area contributed by atoms with E-state index in [1.54, 1.807) is 6.07 Å². The molecule has 0 amide bonds. The van der Waals surface area contributed by atoms with Crippen LogP contribution in [0.3, 0.4) is 0 Å². The summed E-state index contributed by atoms with van der Waals surface area (Å²) in [4.78, 5) is 11.4. The Morgan fingerprint density at radius 2 is 2.20 bits per heavy atom. The van der Waals surface area contributed by atoms with E-state index in [1.807, 2.05) is 13.8 Å². The Kier molecular flexibility index (Phi) is 2.87. The molecule has 0 saturated heterocycles. The largest absolute Gasteiger partial charge is 0.469 e. The third-order valence-electron chi connectivity index (χ3n) is 3.21. The molecular formula is C11H15NO3. The van der Waals surface area contributed by atoms with Crippen LogP contribution in [-0.4, -0.2) is 24.3 Å². The second-order valence-electron chi connectivity index (χ2n) is 4.43. The molecule has 1 unspecified atom stereocenters. The SMILES string of the molecule is C=C(C#N)C(O)[C@H]1[C@@H](C(=O)OC)C1(C)C. The van der Waals surface area contributed by atoms with Gasteiger partial charge < -0.3 is 9.84 Å². The van der Waals surface area contributed by atoms with Gasteiger partial charge in [0.15, 0.2) is 0 Å². The summed E-state index contributed by atoms with van der Waals surface area (Å²) < 4.78 is 4.64. The highest BCUT2D eigenvalue weighted by Gasteiger charge is 2.65. The molecule has 1 aliphatic rings. The molecule has 0 aromatic rings. The maximum Gasteiger partial charge on any atom is 0.309 e. The summed E-state index contributed by atoms with van der Waals surface area (Å²) in [6.45, 7) is 7.19. The van der Waals surface area contributed by atoms with Crippen LogP contribution in [0.2, 0.25) is 0 Å². The summed E-state index contributed by atoms with van der Waals surface area (Å²) in [6.07, 6.45) is -0.950. The van der Waals surface area contributed by atoms with Crippen LogP contribution >= 0.6 is 0 Å². The molecule has 0 spiro atoms. The van der Waals surface area contributed by atoms with Gasteiger partial charge in [0.25, 0.3) is 0 Å². The van der Waals surface area contributed by atoms with Crippen molar-refractivity contribution in [3.63, 3.8) is 0 Å². The van der Waals surface area contributed by atoms with Crippen LogP contribution in [0.25, 0.3) is 0 Å². The van der Waals surface area contributed by atoms with E-state index in [-0.39, 0.29) is 28.8 Å². The minimum atomic E-state index is -0.950. The van der Waals surface area contributed by atoms with Gasteiger partial charge in [0.2, 0.25) is 0 Å². The number of rotatable bonds is 3. The second-order valence-corrected chi connectivity index (χ2v) is 4.43. The molecule has 0 bridgehead atoms. The Balaban J connectivity index is 2.79. The predicted octanol–water partition coefficient (Wildman–Crippen LogP) is 0.872. The van der Waals surface area contributed by atoms with E-state index in [9.17, 15) is 9.90 Å². The molecule has 0 aliphatic heterocycles. The van der Waals surface area contributed by atoms with E-state index < -0.39 is 6.10 Å². The van der Waals surface area contributed by atoms with Crippen molar-refractivity contribution >= 4 is 5.97 Å². The van der Waals surface area contributed by atoms with Crippen molar-refractivity contribution in [3.8, 4) is 6.07 Å². The number of ether oxygens (including phenoxy) is 1. The Labute approximate surface area is 89.2 Å². The number of methoxy groups -OCH3 is 1. The molecule has 0 aromatic carbocycles. The van der Waals surface area contributed by atoms with E-state index in [1.165, 1.54) is 7.11 Å². The average Bonchev–Trinajstić information content (AvgIpc) is 2.78. The van der Waals surface area contributed by atoms with Crippen LogP contribution in [-0.2, 0) is 9.53 Å². The van der Waals surface area contributed by atoms with Crippen LogP contribution in [0.15, 0.2) is 12.2 Å². The van der Waals surface area contributed by atoms with Gasteiger partial charge >= 0.3 is 5.97 Å². The zero-order valence-electron chi connectivity index (χ0n) is 9.15. The highest BCUT2D eigenvalue weighted by molar-refractivity contribution is 5.77. The van der Waals surface area contributed by atoms with Gasteiger partial charge in [-0.3, -0.25) is 4.79 Å². The van der Waals surface area contributed by atoms with Gasteiger partial charge in [0.1, 0.15) is 0 Å². The monoisotopic (exact) mass is 209 g/mol. The molecule has 4 nitrogen and oxygen atoms in total. The predicted molar refractivity (Wildman–Crippen MR) is 53.5 cm³/mol. The average molecular weight is 209 g/mol. The van der Waals surface area contributed by atoms with Crippen LogP contribution in [0.5, 0.6) is 0 Å². The van der Waals surface area contributed by atoms with Crippen molar-refractivity contribution in [1.82, 2.24) is 0 Å². The maximum atomic E-state index is 11.4.